The number of hydrogen-bond acceptors (Lipinski definition) is 5. The maximum absolute atomic E-state index is 10.7. The van der Waals surface area contributed by atoms with E-state index in [1.807, 2.05) is 16.0 Å². The molecule has 0 amide bonds. The van der Waals surface area contributed by atoms with Gasteiger partial charge in [0.25, 0.3) is 5.69 Å². The van der Waals surface area contributed by atoms with Crippen LogP contribution in [0.25, 0.3) is 4.96 Å². The number of nitro benzene ring substituents is 1. The maximum atomic E-state index is 10.7. The molecule has 0 fully saturated rings. The zero-order valence-corrected chi connectivity index (χ0v) is 12.7. The van der Waals surface area contributed by atoms with Crippen molar-refractivity contribution in [3.8, 4) is 11.6 Å². The fraction of sp³-hybridized carbons (Fsp3) is 0.0833. The predicted molar refractivity (Wildman–Crippen MR) is 80.8 cm³/mol. The molecule has 0 N–H and O–H groups in total. The van der Waals surface area contributed by atoms with E-state index in [0.717, 1.165) is 4.96 Å². The van der Waals surface area contributed by atoms with Crippen molar-refractivity contribution in [3.63, 3.8) is 0 Å². The van der Waals surface area contributed by atoms with Crippen LogP contribution in [0.15, 0.2) is 29.8 Å². The summed E-state index contributed by atoms with van der Waals surface area (Å²) in [6.45, 7) is 0. The number of hydrogen-bond donors (Lipinski definition) is 0. The van der Waals surface area contributed by atoms with E-state index in [-0.39, 0.29) is 16.6 Å². The molecule has 6 nitrogen and oxygen atoms in total. The summed E-state index contributed by atoms with van der Waals surface area (Å²) in [5, 5.41) is 12.6. The van der Waals surface area contributed by atoms with Gasteiger partial charge in [0, 0.05) is 23.7 Å². The van der Waals surface area contributed by atoms with Crippen LogP contribution in [0.4, 0.5) is 5.69 Å². The van der Waals surface area contributed by atoms with Crippen LogP contribution in [0.5, 0.6) is 11.6 Å². The third kappa shape index (κ3) is 2.55. The lowest BCUT2D eigenvalue weighted by Crippen LogP contribution is -1.93. The number of benzene rings is 1. The smallest absolute Gasteiger partial charge is 0.288 e. The highest BCUT2D eigenvalue weighted by atomic mass is 35.5. The third-order valence-electron chi connectivity index (χ3n) is 2.78. The predicted octanol–water partition coefficient (Wildman–Crippen LogP) is 4.49. The summed E-state index contributed by atoms with van der Waals surface area (Å²) in [6.07, 6.45) is 1.85. The Kier molecular flexibility index (Phi) is 3.71. The van der Waals surface area contributed by atoms with Gasteiger partial charge in [0.1, 0.15) is 16.5 Å². The van der Waals surface area contributed by atoms with E-state index in [1.165, 1.54) is 29.5 Å². The van der Waals surface area contributed by atoms with Gasteiger partial charge in [-0.25, -0.2) is 0 Å². The second-order valence-electron chi connectivity index (χ2n) is 4.03. The molecule has 2 aromatic heterocycles. The van der Waals surface area contributed by atoms with Gasteiger partial charge < -0.3 is 4.74 Å². The zero-order valence-electron chi connectivity index (χ0n) is 10.3. The molecule has 3 aromatic rings. The Balaban J connectivity index is 1.96. The number of nitrogens with zero attached hydrogens (tertiary/aromatic N) is 3. The van der Waals surface area contributed by atoms with Crippen LogP contribution in [0.3, 0.4) is 0 Å². The number of ether oxygens (including phenoxy) is 1. The number of rotatable bonds is 4. The Bertz CT molecular complexity index is 830. The first-order chi connectivity index (χ1) is 10.1. The summed E-state index contributed by atoms with van der Waals surface area (Å²) in [5.74, 6) is 0.956. The number of aromatic nitrogens is 2. The fourth-order valence-corrected chi connectivity index (χ4v) is 3.03. The van der Waals surface area contributed by atoms with Gasteiger partial charge >= 0.3 is 0 Å². The summed E-state index contributed by atoms with van der Waals surface area (Å²) in [4.78, 5) is 15.3. The van der Waals surface area contributed by atoms with Gasteiger partial charge in [-0.05, 0) is 6.07 Å². The molecule has 1 aromatic carbocycles. The lowest BCUT2D eigenvalue weighted by atomic mass is 10.3. The van der Waals surface area contributed by atoms with E-state index < -0.39 is 4.92 Å². The van der Waals surface area contributed by atoms with Gasteiger partial charge in [-0.1, -0.05) is 11.6 Å². The normalized spacial score (nSPS) is 11.0. The minimum atomic E-state index is -0.553. The third-order valence-corrected chi connectivity index (χ3v) is 4.09. The van der Waals surface area contributed by atoms with E-state index in [4.69, 9.17) is 27.9 Å². The van der Waals surface area contributed by atoms with Gasteiger partial charge in [0.15, 0.2) is 4.96 Å². The lowest BCUT2D eigenvalue weighted by molar-refractivity contribution is -0.384. The van der Waals surface area contributed by atoms with E-state index in [2.05, 4.69) is 4.98 Å². The highest BCUT2D eigenvalue weighted by Crippen LogP contribution is 2.33. The van der Waals surface area contributed by atoms with Gasteiger partial charge in [0.2, 0.25) is 5.88 Å². The number of fused-ring (bicyclic) bond motifs is 1. The van der Waals surface area contributed by atoms with E-state index in [0.29, 0.717) is 17.3 Å². The number of imidazole rings is 1. The zero-order chi connectivity index (χ0) is 15.0. The fourth-order valence-electron chi connectivity index (χ4n) is 1.83. The summed E-state index contributed by atoms with van der Waals surface area (Å²) in [6, 6.07) is 4.14. The Labute approximate surface area is 132 Å². The lowest BCUT2D eigenvalue weighted by Gasteiger charge is -2.05. The van der Waals surface area contributed by atoms with Crippen LogP contribution in [0.1, 0.15) is 5.69 Å². The van der Waals surface area contributed by atoms with Crippen LogP contribution in [-0.2, 0) is 5.88 Å². The molecule has 0 bridgehead atoms. The van der Waals surface area contributed by atoms with Crippen LogP contribution in [-0.4, -0.2) is 14.3 Å². The molecule has 0 radical (unpaired) electrons. The van der Waals surface area contributed by atoms with Crippen molar-refractivity contribution in [2.45, 2.75) is 5.88 Å². The average Bonchev–Trinajstić information content (AvgIpc) is 2.98. The quantitative estimate of drug-likeness (QED) is 0.397. The SMILES string of the molecule is O=[N+]([O-])c1ccc(Oc2nc3sccn3c2CCl)cc1Cl. The van der Waals surface area contributed by atoms with Gasteiger partial charge in [-0.15, -0.1) is 22.9 Å². The Hall–Kier alpha value is -1.83. The number of thiazole rings is 1. The largest absolute Gasteiger partial charge is 0.437 e. The topological polar surface area (TPSA) is 69.7 Å². The molecule has 0 spiro atoms. The molecule has 0 saturated heterocycles. The van der Waals surface area contributed by atoms with Crippen molar-refractivity contribution in [2.75, 3.05) is 0 Å². The molecule has 2 heterocycles. The van der Waals surface area contributed by atoms with Crippen molar-refractivity contribution >= 4 is 45.2 Å². The molecule has 9 heteroatoms. The van der Waals surface area contributed by atoms with Crippen LogP contribution < -0.4 is 4.74 Å². The molecule has 0 aliphatic rings. The van der Waals surface area contributed by atoms with Crippen LogP contribution in [0.2, 0.25) is 5.02 Å². The molecule has 0 aliphatic heterocycles. The average molecular weight is 344 g/mol. The molecular weight excluding hydrogens is 337 g/mol. The molecular formula is C12H7Cl2N3O3S. The van der Waals surface area contributed by atoms with E-state index in [1.54, 1.807) is 0 Å². The first-order valence-corrected chi connectivity index (χ1v) is 7.51. The van der Waals surface area contributed by atoms with Crippen molar-refractivity contribution in [2.24, 2.45) is 0 Å². The summed E-state index contributed by atoms with van der Waals surface area (Å²) < 4.78 is 7.48. The molecule has 0 atom stereocenters. The van der Waals surface area contributed by atoms with Gasteiger partial charge in [0.05, 0.1) is 10.8 Å². The van der Waals surface area contributed by atoms with E-state index in [9.17, 15) is 10.1 Å². The molecule has 0 unspecified atom stereocenters. The molecule has 0 saturated carbocycles. The Morgan fingerprint density at radius 2 is 2.29 bits per heavy atom. The highest BCUT2D eigenvalue weighted by Gasteiger charge is 2.17. The van der Waals surface area contributed by atoms with Crippen molar-refractivity contribution in [1.29, 1.82) is 0 Å². The number of alkyl halides is 1. The molecule has 3 rings (SSSR count). The van der Waals surface area contributed by atoms with Crippen molar-refractivity contribution < 1.29 is 9.66 Å². The molecule has 21 heavy (non-hydrogen) atoms. The van der Waals surface area contributed by atoms with Gasteiger partial charge in [-0.2, -0.15) is 4.98 Å². The molecule has 108 valence electrons. The first-order valence-electron chi connectivity index (χ1n) is 5.72. The monoisotopic (exact) mass is 343 g/mol. The second kappa shape index (κ2) is 5.51. The standard InChI is InChI=1S/C12H7Cl2N3O3S/c13-6-10-11(15-12-16(10)3-4-21-12)20-7-1-2-9(17(18)19)8(14)5-7/h1-5H,6H2. The van der Waals surface area contributed by atoms with Crippen molar-refractivity contribution in [1.82, 2.24) is 9.38 Å². The van der Waals surface area contributed by atoms with Crippen molar-refractivity contribution in [3.05, 3.63) is 50.6 Å². The van der Waals surface area contributed by atoms with E-state index >= 15 is 0 Å². The maximum Gasteiger partial charge on any atom is 0.288 e. The van der Waals surface area contributed by atoms with Crippen LogP contribution in [0, 0.1) is 10.1 Å². The summed E-state index contributed by atoms with van der Waals surface area (Å²) in [5.41, 5.74) is 0.537. The molecule has 0 aliphatic carbocycles. The first kappa shape index (κ1) is 14.1. The number of nitro groups is 1. The minimum Gasteiger partial charge on any atom is -0.437 e. The minimum absolute atomic E-state index is 0.00550. The Morgan fingerprint density at radius 3 is 2.95 bits per heavy atom. The summed E-state index contributed by atoms with van der Waals surface area (Å²) in [7, 11) is 0. The van der Waals surface area contributed by atoms with Crippen LogP contribution >= 0.6 is 34.5 Å². The van der Waals surface area contributed by atoms with Gasteiger partial charge in [-0.3, -0.25) is 14.5 Å². The second-order valence-corrected chi connectivity index (χ2v) is 5.57. The Morgan fingerprint density at radius 1 is 1.48 bits per heavy atom. The number of halogens is 2. The summed E-state index contributed by atoms with van der Waals surface area (Å²) >= 11 is 13.2. The highest BCUT2D eigenvalue weighted by molar-refractivity contribution is 7.15.